The summed E-state index contributed by atoms with van der Waals surface area (Å²) in [7, 11) is 0. The fourth-order valence-corrected chi connectivity index (χ4v) is 2.53. The van der Waals surface area contributed by atoms with Crippen molar-refractivity contribution in [1.29, 1.82) is 0 Å². The monoisotopic (exact) mass is 362 g/mol. The summed E-state index contributed by atoms with van der Waals surface area (Å²) in [5, 5.41) is 4.40. The quantitative estimate of drug-likeness (QED) is 0.378. The molecule has 0 atom stereocenters. The summed E-state index contributed by atoms with van der Waals surface area (Å²) in [5.74, 6) is -0.304. The van der Waals surface area contributed by atoms with Crippen LogP contribution in [0.3, 0.4) is 0 Å². The third-order valence-electron chi connectivity index (χ3n) is 3.67. The molecule has 0 spiro atoms. The van der Waals surface area contributed by atoms with Gasteiger partial charge in [0.2, 0.25) is 0 Å². The normalized spacial score (nSPS) is 10.6. The number of para-hydroxylation sites is 1. The molecular formula is C20H18N4OS. The maximum absolute atomic E-state index is 12.0. The van der Waals surface area contributed by atoms with Crippen LogP contribution in [0.15, 0.2) is 72.9 Å². The Morgan fingerprint density at radius 1 is 1.00 bits per heavy atom. The molecule has 0 fully saturated rings. The number of benzene rings is 2. The van der Waals surface area contributed by atoms with Crippen LogP contribution in [-0.4, -0.2) is 16.0 Å². The van der Waals surface area contributed by atoms with Crippen LogP contribution < -0.4 is 16.2 Å². The fraction of sp³-hybridized carbons (Fsp3) is 0.0500. The molecule has 0 radical (unpaired) electrons. The van der Waals surface area contributed by atoms with Crippen molar-refractivity contribution in [2.75, 3.05) is 0 Å². The van der Waals surface area contributed by atoms with Gasteiger partial charge in [0.1, 0.15) is 0 Å². The number of thiocarbonyl (C=S) groups is 1. The second-order valence-electron chi connectivity index (χ2n) is 5.54. The van der Waals surface area contributed by atoms with Gasteiger partial charge in [0.15, 0.2) is 5.11 Å². The number of rotatable bonds is 4. The van der Waals surface area contributed by atoms with Crippen molar-refractivity contribution < 1.29 is 4.79 Å². The summed E-state index contributed by atoms with van der Waals surface area (Å²) < 4.78 is 0. The summed E-state index contributed by atoms with van der Waals surface area (Å²) in [5.41, 5.74) is 8.05. The summed E-state index contributed by atoms with van der Waals surface area (Å²) in [4.78, 5) is 16.3. The van der Waals surface area contributed by atoms with E-state index in [1.54, 1.807) is 12.3 Å². The van der Waals surface area contributed by atoms with Crippen LogP contribution in [0, 0.1) is 0 Å². The number of hydrazine groups is 1. The predicted molar refractivity (Wildman–Crippen MR) is 108 cm³/mol. The predicted octanol–water partition coefficient (Wildman–Crippen LogP) is 2.94. The van der Waals surface area contributed by atoms with Gasteiger partial charge in [-0.15, -0.1) is 0 Å². The first-order valence-electron chi connectivity index (χ1n) is 8.12. The molecule has 6 heteroatoms. The van der Waals surface area contributed by atoms with Crippen LogP contribution in [0.2, 0.25) is 0 Å². The van der Waals surface area contributed by atoms with Crippen molar-refractivity contribution in [3.63, 3.8) is 0 Å². The number of nitrogens with zero attached hydrogens (tertiary/aromatic N) is 1. The number of pyridine rings is 1. The van der Waals surface area contributed by atoms with Crippen LogP contribution in [0.25, 0.3) is 17.0 Å². The van der Waals surface area contributed by atoms with Gasteiger partial charge in [0.05, 0.1) is 5.52 Å². The van der Waals surface area contributed by atoms with E-state index in [0.29, 0.717) is 11.7 Å². The Balaban J connectivity index is 1.50. The molecule has 1 aromatic heterocycles. The lowest BCUT2D eigenvalue weighted by Crippen LogP contribution is -2.45. The average molecular weight is 362 g/mol. The Morgan fingerprint density at radius 3 is 2.65 bits per heavy atom. The maximum atomic E-state index is 12.0. The zero-order valence-corrected chi connectivity index (χ0v) is 14.8. The molecule has 3 rings (SSSR count). The zero-order valence-electron chi connectivity index (χ0n) is 14.0. The number of fused-ring (bicyclic) bond motifs is 1. The minimum atomic E-state index is -0.304. The van der Waals surface area contributed by atoms with Crippen LogP contribution >= 0.6 is 12.2 Å². The van der Waals surface area contributed by atoms with Crippen LogP contribution in [0.4, 0.5) is 0 Å². The highest BCUT2D eigenvalue weighted by Crippen LogP contribution is 2.16. The molecule has 1 amide bonds. The number of amides is 1. The Morgan fingerprint density at radius 2 is 1.81 bits per heavy atom. The topological polar surface area (TPSA) is 66.0 Å². The van der Waals surface area contributed by atoms with E-state index in [9.17, 15) is 4.79 Å². The molecular weight excluding hydrogens is 344 g/mol. The van der Waals surface area contributed by atoms with Crippen LogP contribution in [0.1, 0.15) is 11.1 Å². The molecule has 0 unspecified atom stereocenters. The van der Waals surface area contributed by atoms with E-state index in [-0.39, 0.29) is 5.91 Å². The van der Waals surface area contributed by atoms with Gasteiger partial charge in [-0.2, -0.15) is 0 Å². The van der Waals surface area contributed by atoms with Crippen molar-refractivity contribution in [3.05, 3.63) is 84.1 Å². The van der Waals surface area contributed by atoms with Crippen molar-refractivity contribution in [2.24, 2.45) is 0 Å². The van der Waals surface area contributed by atoms with E-state index >= 15 is 0 Å². The SMILES string of the molecule is O=C(/C=C/c1cccc2cccnc12)NNC(=S)NCc1ccccc1. The standard InChI is InChI=1S/C20H18N4OS/c25-18(23-24-20(26)22-14-15-6-2-1-3-7-15)12-11-17-9-4-8-16-10-5-13-21-19(16)17/h1-13H,14H2,(H,23,25)(H2,22,24,26)/b12-11+. The largest absolute Gasteiger partial charge is 0.357 e. The van der Waals surface area contributed by atoms with Gasteiger partial charge in [-0.05, 0) is 29.9 Å². The molecule has 0 aliphatic heterocycles. The van der Waals surface area contributed by atoms with E-state index in [0.717, 1.165) is 22.0 Å². The second kappa shape index (κ2) is 8.73. The molecule has 2 aromatic carbocycles. The lowest BCUT2D eigenvalue weighted by Gasteiger charge is -2.10. The Hall–Kier alpha value is -3.25. The number of nitrogens with one attached hydrogen (secondary N) is 3. The van der Waals surface area contributed by atoms with Crippen LogP contribution in [0.5, 0.6) is 0 Å². The van der Waals surface area contributed by atoms with Gasteiger partial charge >= 0.3 is 0 Å². The highest BCUT2D eigenvalue weighted by Gasteiger charge is 2.01. The third kappa shape index (κ3) is 4.87. The third-order valence-corrected chi connectivity index (χ3v) is 3.92. The summed E-state index contributed by atoms with van der Waals surface area (Å²) in [6.07, 6.45) is 4.90. The van der Waals surface area contributed by atoms with E-state index in [2.05, 4.69) is 21.2 Å². The van der Waals surface area contributed by atoms with Crippen molar-refractivity contribution in [3.8, 4) is 0 Å². The zero-order chi connectivity index (χ0) is 18.2. The summed E-state index contributed by atoms with van der Waals surface area (Å²) >= 11 is 5.14. The number of carbonyl (C=O) groups excluding carboxylic acids is 1. The molecule has 26 heavy (non-hydrogen) atoms. The van der Waals surface area contributed by atoms with E-state index in [4.69, 9.17) is 12.2 Å². The van der Waals surface area contributed by atoms with Gasteiger partial charge in [0.25, 0.3) is 5.91 Å². The van der Waals surface area contributed by atoms with Gasteiger partial charge in [0, 0.05) is 29.8 Å². The van der Waals surface area contributed by atoms with Gasteiger partial charge < -0.3 is 5.32 Å². The van der Waals surface area contributed by atoms with E-state index in [1.165, 1.54) is 6.08 Å². The summed E-state index contributed by atoms with van der Waals surface area (Å²) in [6, 6.07) is 19.6. The van der Waals surface area contributed by atoms with Crippen molar-refractivity contribution in [1.82, 2.24) is 21.2 Å². The molecule has 0 saturated heterocycles. The van der Waals surface area contributed by atoms with Crippen molar-refractivity contribution >= 4 is 40.2 Å². The van der Waals surface area contributed by atoms with E-state index < -0.39 is 0 Å². The maximum Gasteiger partial charge on any atom is 0.262 e. The molecule has 0 saturated carbocycles. The number of carbonyl (C=O) groups is 1. The molecule has 3 N–H and O–H groups in total. The highest BCUT2D eigenvalue weighted by atomic mass is 32.1. The second-order valence-corrected chi connectivity index (χ2v) is 5.95. The van der Waals surface area contributed by atoms with Gasteiger partial charge in [-0.3, -0.25) is 20.6 Å². The number of hydrogen-bond donors (Lipinski definition) is 3. The lowest BCUT2D eigenvalue weighted by atomic mass is 10.1. The molecule has 3 aromatic rings. The first kappa shape index (κ1) is 17.6. The molecule has 0 aliphatic rings. The fourth-order valence-electron chi connectivity index (χ4n) is 2.41. The summed E-state index contributed by atoms with van der Waals surface area (Å²) in [6.45, 7) is 0.583. The first-order valence-corrected chi connectivity index (χ1v) is 8.53. The van der Waals surface area contributed by atoms with E-state index in [1.807, 2.05) is 60.7 Å². The van der Waals surface area contributed by atoms with Crippen LogP contribution in [-0.2, 0) is 11.3 Å². The molecule has 0 aliphatic carbocycles. The Labute approximate surface area is 157 Å². The minimum Gasteiger partial charge on any atom is -0.357 e. The molecule has 130 valence electrons. The first-order chi connectivity index (χ1) is 12.7. The lowest BCUT2D eigenvalue weighted by molar-refractivity contribution is -0.116. The van der Waals surface area contributed by atoms with Gasteiger partial charge in [-0.1, -0.05) is 54.6 Å². The minimum absolute atomic E-state index is 0.304. The molecule has 0 bridgehead atoms. The molecule has 1 heterocycles. The smallest absolute Gasteiger partial charge is 0.262 e. The van der Waals surface area contributed by atoms with Gasteiger partial charge in [-0.25, -0.2) is 0 Å². The molecule has 5 nitrogen and oxygen atoms in total. The Kier molecular flexibility index (Phi) is 5.90. The number of hydrogen-bond acceptors (Lipinski definition) is 3. The highest BCUT2D eigenvalue weighted by molar-refractivity contribution is 7.80. The number of aromatic nitrogens is 1. The van der Waals surface area contributed by atoms with Crippen molar-refractivity contribution in [2.45, 2.75) is 6.54 Å². The average Bonchev–Trinajstić information content (AvgIpc) is 2.70. The Bertz CT molecular complexity index is 935.